The minimum absolute atomic E-state index is 0.0137. The summed E-state index contributed by atoms with van der Waals surface area (Å²) in [5.74, 6) is 1.17. The summed E-state index contributed by atoms with van der Waals surface area (Å²) in [6, 6.07) is 26.3. The van der Waals surface area contributed by atoms with Gasteiger partial charge in [0.15, 0.2) is 0 Å². The van der Waals surface area contributed by atoms with Gasteiger partial charge in [-0.25, -0.2) is 0 Å². The van der Waals surface area contributed by atoms with Crippen LogP contribution in [0.25, 0.3) is 27.1 Å². The second-order valence-corrected chi connectivity index (χ2v) is 13.3. The molecule has 4 aromatic carbocycles. The van der Waals surface area contributed by atoms with Crippen molar-refractivity contribution in [3.05, 3.63) is 102 Å². The van der Waals surface area contributed by atoms with Crippen LogP contribution < -0.4 is 10.2 Å². The van der Waals surface area contributed by atoms with Gasteiger partial charge in [0, 0.05) is 16.6 Å². The molecule has 186 valence electrons. The predicted molar refractivity (Wildman–Crippen MR) is 163 cm³/mol. The van der Waals surface area contributed by atoms with E-state index in [-0.39, 0.29) is 22.3 Å². The lowest BCUT2D eigenvalue weighted by Crippen LogP contribution is -2.45. The molecule has 3 atom stereocenters. The van der Waals surface area contributed by atoms with Crippen molar-refractivity contribution >= 4 is 49.3 Å². The number of hydrogen-bond donors (Lipinski definition) is 0. The van der Waals surface area contributed by atoms with Crippen LogP contribution in [0.3, 0.4) is 0 Å². The van der Waals surface area contributed by atoms with E-state index in [0.717, 1.165) is 5.75 Å². The van der Waals surface area contributed by atoms with Gasteiger partial charge in [0.2, 0.25) is 0 Å². The lowest BCUT2D eigenvalue weighted by molar-refractivity contribution is 0.0841. The zero-order valence-corrected chi connectivity index (χ0v) is 23.5. The fourth-order valence-electron chi connectivity index (χ4n) is 5.36. The van der Waals surface area contributed by atoms with E-state index >= 15 is 0 Å². The van der Waals surface area contributed by atoms with E-state index in [9.17, 15) is 0 Å². The number of ether oxygens (including phenoxy) is 1. The molecule has 4 heteroatoms. The molecule has 2 nitrogen and oxygen atoms in total. The van der Waals surface area contributed by atoms with Crippen LogP contribution in [0.4, 0.5) is 0 Å². The van der Waals surface area contributed by atoms with E-state index in [0.29, 0.717) is 7.48 Å². The van der Waals surface area contributed by atoms with Crippen molar-refractivity contribution in [3.8, 4) is 5.75 Å². The van der Waals surface area contributed by atoms with Crippen molar-refractivity contribution in [3.63, 3.8) is 0 Å². The van der Waals surface area contributed by atoms with Gasteiger partial charge >= 0.3 is 7.48 Å². The van der Waals surface area contributed by atoms with Crippen molar-refractivity contribution in [2.24, 2.45) is 0 Å². The Morgan fingerprint density at radius 1 is 0.892 bits per heavy atom. The summed E-state index contributed by atoms with van der Waals surface area (Å²) in [7, 11) is 3.50. The van der Waals surface area contributed by atoms with Crippen LogP contribution in [-0.4, -0.2) is 23.8 Å². The summed E-state index contributed by atoms with van der Waals surface area (Å²) < 4.78 is 12.9. The molecule has 0 aromatic heterocycles. The monoisotopic (exact) mass is 504 g/mol. The SMILES string of the molecule is CC12C=CC(c3cccc4cc(BOC(C)(C)C(C)(C)P)ccc34)=CC1c1cc3ccccc3cc1O2. The lowest BCUT2D eigenvalue weighted by atomic mass is 9.78. The van der Waals surface area contributed by atoms with E-state index in [1.807, 2.05) is 0 Å². The zero-order valence-electron chi connectivity index (χ0n) is 22.3. The summed E-state index contributed by atoms with van der Waals surface area (Å²) in [6.45, 7) is 10.9. The van der Waals surface area contributed by atoms with E-state index in [4.69, 9.17) is 9.39 Å². The number of benzene rings is 4. The van der Waals surface area contributed by atoms with Gasteiger partial charge in [-0.05, 0) is 71.7 Å². The van der Waals surface area contributed by atoms with Crippen molar-refractivity contribution in [2.45, 2.75) is 56.9 Å². The molecule has 37 heavy (non-hydrogen) atoms. The highest BCUT2D eigenvalue weighted by Gasteiger charge is 2.43. The molecule has 0 saturated carbocycles. The van der Waals surface area contributed by atoms with Gasteiger partial charge in [-0.1, -0.05) is 92.1 Å². The molecule has 0 radical (unpaired) electrons. The van der Waals surface area contributed by atoms with Crippen LogP contribution >= 0.6 is 9.24 Å². The molecule has 1 aliphatic carbocycles. The number of allylic oxidation sites excluding steroid dienone is 2. The number of fused-ring (bicyclic) bond motifs is 5. The first-order chi connectivity index (χ1) is 17.5. The Morgan fingerprint density at radius 2 is 1.62 bits per heavy atom. The molecule has 0 bridgehead atoms. The molecule has 1 aliphatic heterocycles. The Labute approximate surface area is 223 Å². The highest BCUT2D eigenvalue weighted by atomic mass is 31.0. The molecule has 4 aromatic rings. The van der Waals surface area contributed by atoms with Gasteiger partial charge in [0.05, 0.1) is 5.60 Å². The normalized spacial score (nSPS) is 20.9. The second kappa shape index (κ2) is 8.58. The van der Waals surface area contributed by atoms with Crippen molar-refractivity contribution in [1.29, 1.82) is 0 Å². The standard InChI is InChI=1S/C33H34BO2P/c1-31(2,32(3,4)37)36-34-25-13-14-27-23(17-25)11-8-12-26(27)24-15-16-33(5)29(19-24)28-18-21-9-6-7-10-22(21)20-30(28)35-33/h6-20,29,34H,37H2,1-5H3. The maximum absolute atomic E-state index is 6.53. The third kappa shape index (κ3) is 4.23. The Kier molecular flexibility index (Phi) is 5.68. The van der Waals surface area contributed by atoms with Crippen LogP contribution in [0.1, 0.15) is 51.7 Å². The summed E-state index contributed by atoms with van der Waals surface area (Å²) in [5.41, 5.74) is 4.34. The molecule has 0 spiro atoms. The van der Waals surface area contributed by atoms with Gasteiger partial charge in [-0.3, -0.25) is 0 Å². The van der Waals surface area contributed by atoms with Gasteiger partial charge in [0.25, 0.3) is 0 Å². The summed E-state index contributed by atoms with van der Waals surface area (Å²) in [6.07, 6.45) is 6.87. The highest BCUT2D eigenvalue weighted by molar-refractivity contribution is 7.19. The molecule has 0 N–H and O–H groups in total. The Hall–Kier alpha value is -2.87. The zero-order chi connectivity index (χ0) is 26.0. The lowest BCUT2D eigenvalue weighted by Gasteiger charge is -2.39. The van der Waals surface area contributed by atoms with E-state index in [1.165, 1.54) is 43.7 Å². The first-order valence-corrected chi connectivity index (χ1v) is 13.7. The minimum atomic E-state index is -0.365. The third-order valence-corrected chi connectivity index (χ3v) is 9.20. The first kappa shape index (κ1) is 24.5. The Balaban J connectivity index is 1.35. The number of hydrogen-bond acceptors (Lipinski definition) is 2. The topological polar surface area (TPSA) is 18.5 Å². The van der Waals surface area contributed by atoms with E-state index < -0.39 is 0 Å². The van der Waals surface area contributed by atoms with Gasteiger partial charge in [0.1, 0.15) is 11.4 Å². The molecule has 0 amide bonds. The second-order valence-electron chi connectivity index (χ2n) is 11.8. The molecule has 3 unspecified atom stereocenters. The molecular formula is C33H34BO2P. The highest BCUT2D eigenvalue weighted by Crippen LogP contribution is 2.51. The summed E-state index contributed by atoms with van der Waals surface area (Å²) >= 11 is 0. The van der Waals surface area contributed by atoms with Gasteiger partial charge in [-0.15, -0.1) is 9.24 Å². The van der Waals surface area contributed by atoms with Crippen LogP contribution in [0.15, 0.2) is 91.0 Å². The fourth-order valence-corrected chi connectivity index (χ4v) is 5.45. The largest absolute Gasteiger partial charge is 0.482 e. The molecular weight excluding hydrogens is 470 g/mol. The van der Waals surface area contributed by atoms with Crippen molar-refractivity contribution in [2.75, 3.05) is 0 Å². The minimum Gasteiger partial charge on any atom is -0.482 e. The quantitative estimate of drug-likeness (QED) is 0.210. The van der Waals surface area contributed by atoms with Crippen LogP contribution in [-0.2, 0) is 4.65 Å². The van der Waals surface area contributed by atoms with Crippen LogP contribution in [0.5, 0.6) is 5.75 Å². The van der Waals surface area contributed by atoms with E-state index in [1.54, 1.807) is 0 Å². The average Bonchev–Trinajstić information content (AvgIpc) is 3.15. The summed E-state index contributed by atoms with van der Waals surface area (Å²) in [5, 5.41) is 4.95. The van der Waals surface area contributed by atoms with Gasteiger partial charge < -0.3 is 9.39 Å². The average molecular weight is 504 g/mol. The first-order valence-electron chi connectivity index (χ1n) is 13.1. The maximum Gasteiger partial charge on any atom is 0.309 e. The molecule has 1 heterocycles. The molecule has 0 saturated heterocycles. The molecule has 2 aliphatic rings. The van der Waals surface area contributed by atoms with Crippen LogP contribution in [0, 0.1) is 0 Å². The maximum atomic E-state index is 6.53. The molecule has 6 rings (SSSR count). The summed E-state index contributed by atoms with van der Waals surface area (Å²) in [4.78, 5) is 0. The van der Waals surface area contributed by atoms with Crippen LogP contribution in [0.2, 0.25) is 0 Å². The Morgan fingerprint density at radius 3 is 2.38 bits per heavy atom. The number of rotatable bonds is 5. The smallest absolute Gasteiger partial charge is 0.309 e. The molecule has 0 fully saturated rings. The van der Waals surface area contributed by atoms with Crippen molar-refractivity contribution < 1.29 is 9.39 Å². The van der Waals surface area contributed by atoms with Gasteiger partial charge in [-0.2, -0.15) is 0 Å². The Bertz CT molecular complexity index is 1590. The predicted octanol–water partition coefficient (Wildman–Crippen LogP) is 7.31. The third-order valence-electron chi connectivity index (χ3n) is 8.51. The fraction of sp³-hybridized carbons (Fsp3) is 0.273. The van der Waals surface area contributed by atoms with Crippen molar-refractivity contribution in [1.82, 2.24) is 0 Å². The van der Waals surface area contributed by atoms with E-state index in [2.05, 4.69) is 135 Å².